The fourth-order valence-electron chi connectivity index (χ4n) is 2.93. The first kappa shape index (κ1) is 14.6. The number of carboxylic acid groups (broad SMARTS) is 1. The first-order valence-electron chi connectivity index (χ1n) is 7.14. The van der Waals surface area contributed by atoms with Gasteiger partial charge in [0.25, 0.3) is 5.91 Å². The Kier molecular flexibility index (Phi) is 4.47. The summed E-state index contributed by atoms with van der Waals surface area (Å²) in [7, 11) is 0. The number of amides is 1. The number of aromatic nitrogens is 1. The summed E-state index contributed by atoms with van der Waals surface area (Å²) in [5.74, 6) is -0.519. The van der Waals surface area contributed by atoms with Crippen molar-refractivity contribution in [2.45, 2.75) is 39.5 Å². The van der Waals surface area contributed by atoms with Gasteiger partial charge in [0, 0.05) is 25.2 Å². The third-order valence-electron chi connectivity index (χ3n) is 3.96. The van der Waals surface area contributed by atoms with E-state index < -0.39 is 5.97 Å². The number of carbonyl (C=O) groups is 2. The van der Waals surface area contributed by atoms with Gasteiger partial charge in [-0.2, -0.15) is 0 Å². The molecule has 0 aromatic carbocycles. The lowest BCUT2D eigenvalue weighted by Gasteiger charge is -2.20. The highest BCUT2D eigenvalue weighted by Gasteiger charge is 2.24. The van der Waals surface area contributed by atoms with Gasteiger partial charge < -0.3 is 15.0 Å². The molecule has 0 saturated carbocycles. The fraction of sp³-hybridized carbons (Fsp3) is 0.600. The van der Waals surface area contributed by atoms with Crippen molar-refractivity contribution < 1.29 is 14.7 Å². The molecule has 1 aliphatic heterocycles. The Hall–Kier alpha value is -1.78. The summed E-state index contributed by atoms with van der Waals surface area (Å²) in [5, 5.41) is 8.86. The normalized spacial score (nSPS) is 19.7. The van der Waals surface area contributed by atoms with E-state index in [-0.39, 0.29) is 18.2 Å². The molecule has 1 fully saturated rings. The van der Waals surface area contributed by atoms with E-state index in [9.17, 15) is 9.59 Å². The molecule has 1 aromatic rings. The van der Waals surface area contributed by atoms with Crippen molar-refractivity contribution in [3.63, 3.8) is 0 Å². The number of nitrogens with zero attached hydrogens (tertiary/aromatic N) is 1. The van der Waals surface area contributed by atoms with Crippen LogP contribution in [-0.2, 0) is 4.79 Å². The number of aryl methyl sites for hydroxylation is 2. The molecule has 2 rings (SSSR count). The highest BCUT2D eigenvalue weighted by molar-refractivity contribution is 5.94. The van der Waals surface area contributed by atoms with E-state index in [1.807, 2.05) is 24.8 Å². The second-order valence-corrected chi connectivity index (χ2v) is 5.70. The van der Waals surface area contributed by atoms with Crippen LogP contribution in [0.5, 0.6) is 0 Å². The maximum absolute atomic E-state index is 12.5. The summed E-state index contributed by atoms with van der Waals surface area (Å²) in [4.78, 5) is 28.2. The molecule has 2 heterocycles. The van der Waals surface area contributed by atoms with E-state index in [1.54, 1.807) is 0 Å². The highest BCUT2D eigenvalue weighted by Crippen LogP contribution is 2.22. The van der Waals surface area contributed by atoms with E-state index in [0.29, 0.717) is 18.8 Å². The van der Waals surface area contributed by atoms with E-state index in [0.717, 1.165) is 30.5 Å². The lowest BCUT2D eigenvalue weighted by atomic mass is 9.97. The van der Waals surface area contributed by atoms with E-state index in [4.69, 9.17) is 5.11 Å². The molecular weight excluding hydrogens is 256 g/mol. The van der Waals surface area contributed by atoms with Gasteiger partial charge in [0.15, 0.2) is 0 Å². The minimum absolute atomic E-state index is 0.0339. The molecule has 0 radical (unpaired) electrons. The van der Waals surface area contributed by atoms with Gasteiger partial charge in [0.2, 0.25) is 0 Å². The number of nitrogens with one attached hydrogen (secondary N) is 1. The minimum atomic E-state index is -0.745. The summed E-state index contributed by atoms with van der Waals surface area (Å²) in [6.45, 7) is 5.23. The average molecular weight is 278 g/mol. The maximum Gasteiger partial charge on any atom is 0.303 e. The van der Waals surface area contributed by atoms with Crippen molar-refractivity contribution in [3.8, 4) is 0 Å². The average Bonchev–Trinajstić information content (AvgIpc) is 2.58. The molecule has 5 heteroatoms. The molecule has 1 amide bonds. The number of carbonyl (C=O) groups excluding carboxylic acids is 1. The molecule has 5 nitrogen and oxygen atoms in total. The summed E-state index contributed by atoms with van der Waals surface area (Å²) < 4.78 is 0. The van der Waals surface area contributed by atoms with Gasteiger partial charge in [-0.3, -0.25) is 9.59 Å². The Morgan fingerprint density at radius 3 is 2.70 bits per heavy atom. The van der Waals surface area contributed by atoms with Gasteiger partial charge in [-0.15, -0.1) is 0 Å². The van der Waals surface area contributed by atoms with Gasteiger partial charge in [-0.1, -0.05) is 0 Å². The minimum Gasteiger partial charge on any atom is -0.481 e. The molecule has 0 bridgehead atoms. The lowest BCUT2D eigenvalue weighted by molar-refractivity contribution is -0.138. The van der Waals surface area contributed by atoms with Crippen LogP contribution in [0.25, 0.3) is 0 Å². The molecule has 1 aliphatic rings. The Morgan fingerprint density at radius 1 is 1.35 bits per heavy atom. The molecule has 0 spiro atoms. The first-order chi connectivity index (χ1) is 9.47. The summed E-state index contributed by atoms with van der Waals surface area (Å²) in [5.41, 5.74) is 2.63. The summed E-state index contributed by atoms with van der Waals surface area (Å²) >= 11 is 0. The quantitative estimate of drug-likeness (QED) is 0.891. The second-order valence-electron chi connectivity index (χ2n) is 5.70. The second kappa shape index (κ2) is 6.11. The molecule has 20 heavy (non-hydrogen) atoms. The molecule has 0 unspecified atom stereocenters. The Labute approximate surface area is 119 Å². The number of H-pyrrole nitrogens is 1. The predicted molar refractivity (Wildman–Crippen MR) is 75.8 cm³/mol. The highest BCUT2D eigenvalue weighted by atomic mass is 16.4. The van der Waals surface area contributed by atoms with Crippen LogP contribution in [0.1, 0.15) is 47.4 Å². The monoisotopic (exact) mass is 278 g/mol. The Morgan fingerprint density at radius 2 is 2.10 bits per heavy atom. The van der Waals surface area contributed by atoms with Crippen LogP contribution in [-0.4, -0.2) is 40.0 Å². The van der Waals surface area contributed by atoms with Crippen LogP contribution in [0.3, 0.4) is 0 Å². The van der Waals surface area contributed by atoms with E-state index in [2.05, 4.69) is 4.98 Å². The lowest BCUT2D eigenvalue weighted by Crippen LogP contribution is -2.32. The van der Waals surface area contributed by atoms with Crippen LogP contribution in [0.2, 0.25) is 0 Å². The van der Waals surface area contributed by atoms with Crippen molar-refractivity contribution in [3.05, 3.63) is 23.0 Å². The molecular formula is C15H22N2O3. The zero-order valence-electron chi connectivity index (χ0n) is 12.1. The Bertz CT molecular complexity index is 507. The standard InChI is InChI=1S/C15H22N2O3/c1-10-8-11(2)16-14(10)15(20)17-6-3-4-12(5-7-17)9-13(18)19/h8,12,16H,3-7,9H2,1-2H3,(H,18,19)/t12-/m0/s1. The number of hydrogen-bond donors (Lipinski definition) is 2. The number of hydrogen-bond acceptors (Lipinski definition) is 2. The van der Waals surface area contributed by atoms with Crippen molar-refractivity contribution in [2.24, 2.45) is 5.92 Å². The number of aromatic amines is 1. The molecule has 1 aromatic heterocycles. The van der Waals surface area contributed by atoms with E-state index >= 15 is 0 Å². The Balaban J connectivity index is 2.01. The fourth-order valence-corrected chi connectivity index (χ4v) is 2.93. The van der Waals surface area contributed by atoms with Crippen LogP contribution in [0.15, 0.2) is 6.07 Å². The van der Waals surface area contributed by atoms with Crippen molar-refractivity contribution in [1.82, 2.24) is 9.88 Å². The largest absolute Gasteiger partial charge is 0.481 e. The predicted octanol–water partition coefficient (Wildman–Crippen LogP) is 2.35. The SMILES string of the molecule is Cc1cc(C)c(C(=O)N2CCC[C@H](CC(=O)O)CC2)[nH]1. The number of rotatable bonds is 3. The maximum atomic E-state index is 12.5. The molecule has 2 N–H and O–H groups in total. The van der Waals surface area contributed by atoms with Crippen LogP contribution in [0.4, 0.5) is 0 Å². The van der Waals surface area contributed by atoms with Crippen molar-refractivity contribution in [2.75, 3.05) is 13.1 Å². The van der Waals surface area contributed by atoms with Crippen molar-refractivity contribution >= 4 is 11.9 Å². The van der Waals surface area contributed by atoms with Gasteiger partial charge in [0.1, 0.15) is 5.69 Å². The van der Waals surface area contributed by atoms with Gasteiger partial charge >= 0.3 is 5.97 Å². The topological polar surface area (TPSA) is 73.4 Å². The zero-order chi connectivity index (χ0) is 14.7. The number of carboxylic acids is 1. The van der Waals surface area contributed by atoms with Gasteiger partial charge in [-0.25, -0.2) is 0 Å². The first-order valence-corrected chi connectivity index (χ1v) is 7.14. The smallest absolute Gasteiger partial charge is 0.303 e. The third kappa shape index (κ3) is 3.40. The zero-order valence-corrected chi connectivity index (χ0v) is 12.1. The number of likely N-dealkylation sites (tertiary alicyclic amines) is 1. The van der Waals surface area contributed by atoms with E-state index in [1.165, 1.54) is 0 Å². The summed E-state index contributed by atoms with van der Waals surface area (Å²) in [6, 6.07) is 1.97. The number of aliphatic carboxylic acids is 1. The van der Waals surface area contributed by atoms with Crippen LogP contribution >= 0.6 is 0 Å². The van der Waals surface area contributed by atoms with Crippen LogP contribution < -0.4 is 0 Å². The van der Waals surface area contributed by atoms with Gasteiger partial charge in [-0.05, 0) is 50.7 Å². The third-order valence-corrected chi connectivity index (χ3v) is 3.96. The molecule has 1 saturated heterocycles. The summed E-state index contributed by atoms with van der Waals surface area (Å²) in [6.07, 6.45) is 2.75. The molecule has 0 aliphatic carbocycles. The molecule has 110 valence electrons. The van der Waals surface area contributed by atoms with Crippen LogP contribution in [0, 0.1) is 19.8 Å². The van der Waals surface area contributed by atoms with Crippen molar-refractivity contribution in [1.29, 1.82) is 0 Å². The van der Waals surface area contributed by atoms with Gasteiger partial charge in [0.05, 0.1) is 0 Å². The molecule has 1 atom stereocenters.